The lowest BCUT2D eigenvalue weighted by atomic mass is 10.2. The second kappa shape index (κ2) is 9.82. The zero-order valence-electron chi connectivity index (χ0n) is 15.0. The number of halogens is 1. The van der Waals surface area contributed by atoms with Gasteiger partial charge in [0.05, 0.1) is 30.9 Å². The molecule has 0 heterocycles. The van der Waals surface area contributed by atoms with Crippen LogP contribution in [0.15, 0.2) is 46.0 Å². The highest BCUT2D eigenvalue weighted by atomic mass is 79.9. The van der Waals surface area contributed by atoms with Crippen molar-refractivity contribution in [2.75, 3.05) is 25.6 Å². The minimum absolute atomic E-state index is 0.136. The molecule has 0 saturated carbocycles. The van der Waals surface area contributed by atoms with Crippen LogP contribution in [0.25, 0.3) is 0 Å². The smallest absolute Gasteiger partial charge is 0.259 e. The third-order valence-corrected chi connectivity index (χ3v) is 4.04. The van der Waals surface area contributed by atoms with E-state index >= 15 is 0 Å². The number of anilines is 1. The topological polar surface area (TPSA) is 72.0 Å². The number of amides is 1. The largest absolute Gasteiger partial charge is 0.493 e. The number of carbonyl (C=O) groups is 1. The van der Waals surface area contributed by atoms with E-state index in [1.165, 1.54) is 5.56 Å². The molecule has 0 aliphatic heterocycles. The molecule has 7 heteroatoms. The number of hydrazone groups is 1. The Labute approximate surface area is 161 Å². The standard InChI is InChI=1S/C19H22BrN3O3/c1-4-26-19-16(20)9-14(10-17(19)25-3)11-22-23-18(24)12-21-15-7-5-13(2)6-8-15/h5-11,21H,4,12H2,1-3H3,(H,23,24)/b22-11-. The van der Waals surface area contributed by atoms with Crippen molar-refractivity contribution in [2.45, 2.75) is 13.8 Å². The Morgan fingerprint density at radius 2 is 2.00 bits per heavy atom. The van der Waals surface area contributed by atoms with Crippen LogP contribution in [0, 0.1) is 6.92 Å². The molecule has 0 spiro atoms. The van der Waals surface area contributed by atoms with E-state index in [1.54, 1.807) is 19.4 Å². The maximum Gasteiger partial charge on any atom is 0.259 e. The van der Waals surface area contributed by atoms with E-state index in [1.807, 2.05) is 44.2 Å². The summed E-state index contributed by atoms with van der Waals surface area (Å²) < 4.78 is 11.6. The number of carbonyl (C=O) groups excluding carboxylic acids is 1. The Balaban J connectivity index is 1.91. The normalized spacial score (nSPS) is 10.6. The van der Waals surface area contributed by atoms with Gasteiger partial charge in [-0.2, -0.15) is 5.10 Å². The molecule has 0 bridgehead atoms. The van der Waals surface area contributed by atoms with Crippen molar-refractivity contribution in [1.82, 2.24) is 5.43 Å². The highest BCUT2D eigenvalue weighted by Gasteiger charge is 2.10. The highest BCUT2D eigenvalue weighted by Crippen LogP contribution is 2.36. The first-order valence-corrected chi connectivity index (χ1v) is 8.95. The molecule has 0 fully saturated rings. The van der Waals surface area contributed by atoms with E-state index < -0.39 is 0 Å². The lowest BCUT2D eigenvalue weighted by Gasteiger charge is -2.12. The van der Waals surface area contributed by atoms with Crippen LogP contribution in [0.1, 0.15) is 18.1 Å². The molecule has 0 unspecified atom stereocenters. The zero-order valence-corrected chi connectivity index (χ0v) is 16.6. The van der Waals surface area contributed by atoms with Gasteiger partial charge in [0.15, 0.2) is 11.5 Å². The van der Waals surface area contributed by atoms with Crippen LogP contribution < -0.4 is 20.2 Å². The van der Waals surface area contributed by atoms with E-state index in [0.29, 0.717) is 18.1 Å². The monoisotopic (exact) mass is 419 g/mol. The van der Waals surface area contributed by atoms with Gasteiger partial charge in [-0.1, -0.05) is 17.7 Å². The van der Waals surface area contributed by atoms with Gasteiger partial charge in [-0.05, 0) is 59.6 Å². The fourth-order valence-electron chi connectivity index (χ4n) is 2.17. The first-order chi connectivity index (χ1) is 12.5. The van der Waals surface area contributed by atoms with Crippen molar-refractivity contribution in [1.29, 1.82) is 0 Å². The molecule has 2 aromatic carbocycles. The molecule has 0 aliphatic carbocycles. The van der Waals surface area contributed by atoms with Crippen molar-refractivity contribution >= 4 is 33.7 Å². The number of methoxy groups -OCH3 is 1. The van der Waals surface area contributed by atoms with Crippen LogP contribution in [0.2, 0.25) is 0 Å². The van der Waals surface area contributed by atoms with Gasteiger partial charge >= 0.3 is 0 Å². The van der Waals surface area contributed by atoms with E-state index in [4.69, 9.17) is 9.47 Å². The van der Waals surface area contributed by atoms with Crippen LogP contribution in [0.4, 0.5) is 5.69 Å². The van der Waals surface area contributed by atoms with Crippen LogP contribution in [0.5, 0.6) is 11.5 Å². The summed E-state index contributed by atoms with van der Waals surface area (Å²) in [5.74, 6) is 0.993. The van der Waals surface area contributed by atoms with Gasteiger partial charge in [0.2, 0.25) is 0 Å². The predicted octanol–water partition coefficient (Wildman–Crippen LogP) is 3.73. The molecular weight excluding hydrogens is 398 g/mol. The maximum atomic E-state index is 11.9. The van der Waals surface area contributed by atoms with Gasteiger partial charge in [-0.25, -0.2) is 5.43 Å². The number of rotatable bonds is 8. The first kappa shape index (κ1) is 19.8. The number of hydrogen-bond donors (Lipinski definition) is 2. The fraction of sp³-hybridized carbons (Fsp3) is 0.263. The number of ether oxygens (including phenoxy) is 2. The molecule has 2 rings (SSSR count). The minimum Gasteiger partial charge on any atom is -0.493 e. The summed E-state index contributed by atoms with van der Waals surface area (Å²) in [5.41, 5.74) is 5.31. The number of nitrogens with zero attached hydrogens (tertiary/aromatic N) is 1. The number of aryl methyl sites for hydroxylation is 1. The van der Waals surface area contributed by atoms with E-state index in [2.05, 4.69) is 31.8 Å². The van der Waals surface area contributed by atoms with Crippen molar-refractivity contribution in [3.8, 4) is 11.5 Å². The fourth-order valence-corrected chi connectivity index (χ4v) is 2.75. The maximum absolute atomic E-state index is 11.9. The molecule has 0 aromatic heterocycles. The summed E-state index contributed by atoms with van der Waals surface area (Å²) in [6.45, 7) is 4.59. The lowest BCUT2D eigenvalue weighted by Crippen LogP contribution is -2.25. The second-order valence-corrected chi connectivity index (χ2v) is 6.33. The molecule has 0 atom stereocenters. The Morgan fingerprint density at radius 3 is 2.65 bits per heavy atom. The summed E-state index contributed by atoms with van der Waals surface area (Å²) >= 11 is 3.45. The molecule has 138 valence electrons. The molecule has 2 N–H and O–H groups in total. The molecule has 0 radical (unpaired) electrons. The quantitative estimate of drug-likeness (QED) is 0.505. The molecule has 26 heavy (non-hydrogen) atoms. The van der Waals surface area contributed by atoms with Crippen LogP contribution >= 0.6 is 15.9 Å². The van der Waals surface area contributed by atoms with Crippen molar-refractivity contribution in [3.63, 3.8) is 0 Å². The third-order valence-electron chi connectivity index (χ3n) is 3.45. The van der Waals surface area contributed by atoms with E-state index in [9.17, 15) is 4.79 Å². The number of nitrogens with one attached hydrogen (secondary N) is 2. The summed E-state index contributed by atoms with van der Waals surface area (Å²) in [7, 11) is 1.57. The molecule has 1 amide bonds. The van der Waals surface area contributed by atoms with Crippen LogP contribution in [-0.2, 0) is 4.79 Å². The number of hydrogen-bond acceptors (Lipinski definition) is 5. The van der Waals surface area contributed by atoms with Crippen LogP contribution in [-0.4, -0.2) is 32.4 Å². The van der Waals surface area contributed by atoms with Gasteiger partial charge in [-0.3, -0.25) is 4.79 Å². The highest BCUT2D eigenvalue weighted by molar-refractivity contribution is 9.10. The van der Waals surface area contributed by atoms with Gasteiger partial charge in [-0.15, -0.1) is 0 Å². The Morgan fingerprint density at radius 1 is 1.27 bits per heavy atom. The zero-order chi connectivity index (χ0) is 18.9. The van der Waals surface area contributed by atoms with E-state index in [0.717, 1.165) is 15.7 Å². The SMILES string of the molecule is CCOc1c(Br)cc(/C=N\NC(=O)CNc2ccc(C)cc2)cc1OC. The molecule has 2 aromatic rings. The molecular formula is C19H22BrN3O3. The Bertz CT molecular complexity index is 776. The van der Waals surface area contributed by atoms with Gasteiger partial charge in [0.1, 0.15) is 0 Å². The molecule has 0 saturated heterocycles. The predicted molar refractivity (Wildman–Crippen MR) is 107 cm³/mol. The average Bonchev–Trinajstić information content (AvgIpc) is 2.63. The minimum atomic E-state index is -0.237. The van der Waals surface area contributed by atoms with Crippen molar-refractivity contribution in [3.05, 3.63) is 52.0 Å². The van der Waals surface area contributed by atoms with Gasteiger partial charge in [0.25, 0.3) is 5.91 Å². The van der Waals surface area contributed by atoms with Gasteiger partial charge in [0, 0.05) is 5.69 Å². The molecule has 6 nitrogen and oxygen atoms in total. The van der Waals surface area contributed by atoms with Gasteiger partial charge < -0.3 is 14.8 Å². The van der Waals surface area contributed by atoms with Crippen molar-refractivity contribution in [2.24, 2.45) is 5.10 Å². The summed E-state index contributed by atoms with van der Waals surface area (Å²) in [4.78, 5) is 11.9. The summed E-state index contributed by atoms with van der Waals surface area (Å²) in [6.07, 6.45) is 1.55. The lowest BCUT2D eigenvalue weighted by molar-refractivity contribution is -0.119. The third kappa shape index (κ3) is 5.77. The molecule has 0 aliphatic rings. The van der Waals surface area contributed by atoms with Crippen molar-refractivity contribution < 1.29 is 14.3 Å². The second-order valence-electron chi connectivity index (χ2n) is 5.48. The summed E-state index contributed by atoms with van der Waals surface area (Å²) in [5, 5.41) is 7.02. The van der Waals surface area contributed by atoms with E-state index in [-0.39, 0.29) is 12.5 Å². The summed E-state index contributed by atoms with van der Waals surface area (Å²) in [6, 6.07) is 11.4. The first-order valence-electron chi connectivity index (χ1n) is 8.16. The number of benzene rings is 2. The average molecular weight is 420 g/mol. The Kier molecular flexibility index (Phi) is 7.47. The Hall–Kier alpha value is -2.54. The van der Waals surface area contributed by atoms with Crippen LogP contribution in [0.3, 0.4) is 0 Å².